The number of carboxylic acids is 1. The maximum Gasteiger partial charge on any atom is 0.303 e. The molecule has 21 heavy (non-hydrogen) atoms. The van der Waals surface area contributed by atoms with Crippen molar-refractivity contribution in [3.63, 3.8) is 0 Å². The standard InChI is InChI=1S/C14H18N2O5/c17-13(18)5-3-1-2-4-10-15-14(19)11-6-8-12(9-7-11)16(20)21/h6-9H,1-5,10H2,(H,15,19)(H,17,18). The lowest BCUT2D eigenvalue weighted by molar-refractivity contribution is -0.384. The van der Waals surface area contributed by atoms with Gasteiger partial charge in [0.25, 0.3) is 11.6 Å². The second-order valence-electron chi connectivity index (χ2n) is 4.62. The first-order valence-electron chi connectivity index (χ1n) is 6.75. The van der Waals surface area contributed by atoms with Gasteiger partial charge in [0.2, 0.25) is 0 Å². The number of nitrogens with one attached hydrogen (secondary N) is 1. The van der Waals surface area contributed by atoms with Crippen LogP contribution in [0.1, 0.15) is 42.5 Å². The Hall–Kier alpha value is -2.44. The van der Waals surface area contributed by atoms with E-state index in [1.54, 1.807) is 0 Å². The maximum atomic E-state index is 11.7. The first kappa shape index (κ1) is 16.6. The summed E-state index contributed by atoms with van der Waals surface area (Å²) in [6, 6.07) is 5.42. The number of amides is 1. The van der Waals surface area contributed by atoms with Crippen LogP contribution in [0.2, 0.25) is 0 Å². The number of carbonyl (C=O) groups is 2. The van der Waals surface area contributed by atoms with Gasteiger partial charge in [0, 0.05) is 30.7 Å². The summed E-state index contributed by atoms with van der Waals surface area (Å²) in [4.78, 5) is 32.0. The summed E-state index contributed by atoms with van der Waals surface area (Å²) in [5.74, 6) is -1.06. The van der Waals surface area contributed by atoms with Crippen molar-refractivity contribution in [1.29, 1.82) is 0 Å². The quantitative estimate of drug-likeness (QED) is 0.413. The van der Waals surface area contributed by atoms with Crippen molar-refractivity contribution in [3.05, 3.63) is 39.9 Å². The molecule has 0 fully saturated rings. The molecular formula is C14H18N2O5. The number of benzene rings is 1. The second kappa shape index (κ2) is 8.68. The van der Waals surface area contributed by atoms with Crippen molar-refractivity contribution in [1.82, 2.24) is 5.32 Å². The van der Waals surface area contributed by atoms with Crippen LogP contribution in [0.5, 0.6) is 0 Å². The van der Waals surface area contributed by atoms with Crippen LogP contribution >= 0.6 is 0 Å². The minimum absolute atomic E-state index is 0.0509. The average Bonchev–Trinajstić information content (AvgIpc) is 2.45. The zero-order valence-electron chi connectivity index (χ0n) is 11.6. The van der Waals surface area contributed by atoms with Gasteiger partial charge in [-0.3, -0.25) is 19.7 Å². The summed E-state index contributed by atoms with van der Waals surface area (Å²) in [5, 5.41) is 21.7. The zero-order valence-corrected chi connectivity index (χ0v) is 11.6. The van der Waals surface area contributed by atoms with Crippen LogP contribution in [0.25, 0.3) is 0 Å². The molecule has 0 radical (unpaired) electrons. The third-order valence-electron chi connectivity index (χ3n) is 2.94. The van der Waals surface area contributed by atoms with Crippen molar-refractivity contribution in [2.75, 3.05) is 6.54 Å². The molecule has 0 aliphatic heterocycles. The Kier molecular flexibility index (Phi) is 6.86. The van der Waals surface area contributed by atoms with Crippen molar-refractivity contribution in [3.8, 4) is 0 Å². The molecule has 1 aromatic rings. The van der Waals surface area contributed by atoms with Crippen LogP contribution < -0.4 is 5.32 Å². The Balaban J connectivity index is 2.21. The number of rotatable bonds is 9. The van der Waals surface area contributed by atoms with Crippen molar-refractivity contribution >= 4 is 17.6 Å². The Labute approximate surface area is 122 Å². The van der Waals surface area contributed by atoms with Crippen LogP contribution in [-0.2, 0) is 4.79 Å². The van der Waals surface area contributed by atoms with Crippen LogP contribution in [0.15, 0.2) is 24.3 Å². The number of unbranched alkanes of at least 4 members (excludes halogenated alkanes) is 3. The smallest absolute Gasteiger partial charge is 0.303 e. The molecule has 0 bridgehead atoms. The van der Waals surface area contributed by atoms with Crippen LogP contribution in [-0.4, -0.2) is 28.5 Å². The van der Waals surface area contributed by atoms with E-state index in [1.165, 1.54) is 24.3 Å². The van der Waals surface area contributed by atoms with Gasteiger partial charge in [0.05, 0.1) is 4.92 Å². The van der Waals surface area contributed by atoms with Crippen molar-refractivity contribution in [2.45, 2.75) is 32.1 Å². The summed E-state index contributed by atoms with van der Waals surface area (Å²) >= 11 is 0. The number of hydrogen-bond donors (Lipinski definition) is 2. The van der Waals surface area contributed by atoms with E-state index in [1.807, 2.05) is 0 Å². The molecule has 0 aliphatic rings. The molecule has 0 spiro atoms. The van der Waals surface area contributed by atoms with Gasteiger partial charge in [-0.1, -0.05) is 12.8 Å². The van der Waals surface area contributed by atoms with E-state index in [2.05, 4.69) is 5.32 Å². The third kappa shape index (κ3) is 6.51. The minimum atomic E-state index is -0.790. The lowest BCUT2D eigenvalue weighted by atomic mass is 10.1. The number of hydrogen-bond acceptors (Lipinski definition) is 4. The Morgan fingerprint density at radius 1 is 1.10 bits per heavy atom. The fraction of sp³-hybridized carbons (Fsp3) is 0.429. The number of aliphatic carboxylic acids is 1. The van der Waals surface area contributed by atoms with E-state index in [9.17, 15) is 19.7 Å². The van der Waals surface area contributed by atoms with E-state index in [-0.39, 0.29) is 18.0 Å². The normalized spacial score (nSPS) is 10.1. The first-order valence-corrected chi connectivity index (χ1v) is 6.75. The predicted molar refractivity (Wildman–Crippen MR) is 76.2 cm³/mol. The molecule has 114 valence electrons. The molecule has 7 heteroatoms. The molecule has 1 aromatic carbocycles. The molecule has 0 unspecified atom stereocenters. The van der Waals surface area contributed by atoms with Gasteiger partial charge in [-0.05, 0) is 25.0 Å². The van der Waals surface area contributed by atoms with E-state index < -0.39 is 10.9 Å². The highest BCUT2D eigenvalue weighted by molar-refractivity contribution is 5.94. The van der Waals surface area contributed by atoms with Crippen molar-refractivity contribution < 1.29 is 19.6 Å². The van der Waals surface area contributed by atoms with Crippen LogP contribution in [0, 0.1) is 10.1 Å². The van der Waals surface area contributed by atoms with Crippen molar-refractivity contribution in [2.24, 2.45) is 0 Å². The molecule has 0 saturated carbocycles. The highest BCUT2D eigenvalue weighted by Gasteiger charge is 2.08. The number of nitro benzene ring substituents is 1. The SMILES string of the molecule is O=C(O)CCCCCCNC(=O)c1ccc([N+](=O)[O-])cc1. The highest BCUT2D eigenvalue weighted by atomic mass is 16.6. The summed E-state index contributed by atoms with van der Waals surface area (Å²) in [5.41, 5.74) is 0.330. The third-order valence-corrected chi connectivity index (χ3v) is 2.94. The molecule has 0 aliphatic carbocycles. The van der Waals surface area contributed by atoms with E-state index in [0.717, 1.165) is 19.3 Å². The number of non-ortho nitro benzene ring substituents is 1. The summed E-state index contributed by atoms with van der Waals surface area (Å²) in [7, 11) is 0. The summed E-state index contributed by atoms with van der Waals surface area (Å²) < 4.78 is 0. The average molecular weight is 294 g/mol. The van der Waals surface area contributed by atoms with Gasteiger partial charge in [0.1, 0.15) is 0 Å². The van der Waals surface area contributed by atoms with E-state index in [0.29, 0.717) is 18.5 Å². The Morgan fingerprint density at radius 3 is 2.29 bits per heavy atom. The molecular weight excluding hydrogens is 276 g/mol. The van der Waals surface area contributed by atoms with Gasteiger partial charge >= 0.3 is 5.97 Å². The van der Waals surface area contributed by atoms with E-state index >= 15 is 0 Å². The van der Waals surface area contributed by atoms with E-state index in [4.69, 9.17) is 5.11 Å². The molecule has 0 atom stereocenters. The minimum Gasteiger partial charge on any atom is -0.481 e. The topological polar surface area (TPSA) is 110 Å². The Morgan fingerprint density at radius 2 is 1.71 bits per heavy atom. The number of nitrogens with zero attached hydrogens (tertiary/aromatic N) is 1. The fourth-order valence-electron chi connectivity index (χ4n) is 1.79. The fourth-order valence-corrected chi connectivity index (χ4v) is 1.79. The number of nitro groups is 1. The first-order chi connectivity index (χ1) is 10.0. The molecule has 2 N–H and O–H groups in total. The van der Waals surface area contributed by atoms with Gasteiger partial charge in [0.15, 0.2) is 0 Å². The molecule has 1 rings (SSSR count). The highest BCUT2D eigenvalue weighted by Crippen LogP contribution is 2.11. The van der Waals surface area contributed by atoms with Crippen LogP contribution in [0.3, 0.4) is 0 Å². The zero-order chi connectivity index (χ0) is 15.7. The van der Waals surface area contributed by atoms with Crippen LogP contribution in [0.4, 0.5) is 5.69 Å². The second-order valence-corrected chi connectivity index (χ2v) is 4.62. The number of carbonyl (C=O) groups excluding carboxylic acids is 1. The molecule has 0 aromatic heterocycles. The summed E-state index contributed by atoms with van der Waals surface area (Å²) in [6.07, 6.45) is 3.27. The monoisotopic (exact) mass is 294 g/mol. The largest absolute Gasteiger partial charge is 0.481 e. The number of carboxylic acid groups (broad SMARTS) is 1. The molecule has 7 nitrogen and oxygen atoms in total. The Bertz CT molecular complexity index is 499. The van der Waals surface area contributed by atoms with Gasteiger partial charge in [-0.25, -0.2) is 0 Å². The maximum absolute atomic E-state index is 11.7. The predicted octanol–water partition coefficient (Wildman–Crippen LogP) is 2.36. The lowest BCUT2D eigenvalue weighted by Gasteiger charge is -2.05. The van der Waals surface area contributed by atoms with Gasteiger partial charge < -0.3 is 10.4 Å². The summed E-state index contributed by atoms with van der Waals surface area (Å²) in [6.45, 7) is 0.503. The lowest BCUT2D eigenvalue weighted by Crippen LogP contribution is -2.24. The molecule has 0 saturated heterocycles. The van der Waals surface area contributed by atoms with Gasteiger partial charge in [-0.2, -0.15) is 0 Å². The molecule has 0 heterocycles. The molecule has 1 amide bonds. The van der Waals surface area contributed by atoms with Gasteiger partial charge in [-0.15, -0.1) is 0 Å².